The van der Waals surface area contributed by atoms with Gasteiger partial charge in [-0.3, -0.25) is 14.4 Å². The standard InChI is InChI=1S/C36H43BrClN3O6/c1-6-17-39(25-13-15-27(16-14-25)46-8-3)33(43)29-30-34(44)41(26(21-42)19-22(4)5)32(36(30)20-28(37)31(29)47-36)35(45)40(18-7-2)24-11-9-23(38)10-12-24/h6-7,9-16,22,26,28-32,42H,1-2,8,17-21H2,3-5H3/t26-,28?,29-,30+,31-,32?,36?/m1/s1. The minimum absolute atomic E-state index is 0.121. The van der Waals surface area contributed by atoms with Gasteiger partial charge >= 0.3 is 0 Å². The van der Waals surface area contributed by atoms with Gasteiger partial charge in [0, 0.05) is 34.3 Å². The summed E-state index contributed by atoms with van der Waals surface area (Å²) in [6.45, 7) is 14.2. The molecule has 3 saturated heterocycles. The van der Waals surface area contributed by atoms with Gasteiger partial charge in [-0.15, -0.1) is 13.2 Å². The SMILES string of the molecule is C=CCN(C(=O)C1N([C@@H](CO)CC(C)C)C(=O)[C@@H]2[C@@H](C(=O)N(CC=C)c3ccc(OCC)cc3)[C@@H]3OC12CC3Br)c1ccc(Cl)cc1. The number of alkyl halides is 1. The number of hydrogen-bond acceptors (Lipinski definition) is 6. The molecule has 3 aliphatic heterocycles. The molecular weight excluding hydrogens is 686 g/mol. The average Bonchev–Trinajstić information content (AvgIpc) is 3.65. The highest BCUT2D eigenvalue weighted by molar-refractivity contribution is 9.09. The normalized spacial score (nSPS) is 26.7. The number of rotatable bonds is 14. The van der Waals surface area contributed by atoms with Gasteiger partial charge in [-0.1, -0.05) is 53.5 Å². The second kappa shape index (κ2) is 14.5. The van der Waals surface area contributed by atoms with Crippen molar-refractivity contribution in [1.29, 1.82) is 0 Å². The summed E-state index contributed by atoms with van der Waals surface area (Å²) in [7, 11) is 0. The molecule has 3 amide bonds. The van der Waals surface area contributed by atoms with E-state index in [1.165, 1.54) is 4.90 Å². The number of benzene rings is 2. The van der Waals surface area contributed by atoms with Gasteiger partial charge in [0.05, 0.1) is 37.2 Å². The number of carbonyl (C=O) groups excluding carboxylic acids is 3. The summed E-state index contributed by atoms with van der Waals surface area (Å²) in [6, 6.07) is 12.3. The Morgan fingerprint density at radius 1 is 1.09 bits per heavy atom. The zero-order valence-electron chi connectivity index (χ0n) is 27.1. The molecule has 11 heteroatoms. The van der Waals surface area contributed by atoms with Crippen molar-refractivity contribution in [2.75, 3.05) is 36.1 Å². The third-order valence-corrected chi connectivity index (χ3v) is 10.4. The Hall–Kier alpha value is -3.18. The molecule has 5 rings (SSSR count). The molecule has 0 radical (unpaired) electrons. The molecule has 47 heavy (non-hydrogen) atoms. The predicted octanol–water partition coefficient (Wildman–Crippen LogP) is 5.63. The third-order valence-electron chi connectivity index (χ3n) is 9.35. The minimum Gasteiger partial charge on any atom is -0.494 e. The first-order chi connectivity index (χ1) is 22.5. The maximum atomic E-state index is 14.9. The van der Waals surface area contributed by atoms with E-state index < -0.39 is 35.6 Å². The summed E-state index contributed by atoms with van der Waals surface area (Å²) < 4.78 is 12.4. The van der Waals surface area contributed by atoms with Gasteiger partial charge in [0.25, 0.3) is 5.91 Å². The molecule has 1 N–H and O–H groups in total. The average molecular weight is 729 g/mol. The van der Waals surface area contributed by atoms with E-state index in [1.807, 2.05) is 20.8 Å². The molecule has 252 valence electrons. The lowest BCUT2D eigenvalue weighted by Gasteiger charge is -2.39. The number of anilines is 2. The van der Waals surface area contributed by atoms with Crippen LogP contribution in [0.5, 0.6) is 5.75 Å². The van der Waals surface area contributed by atoms with Crippen molar-refractivity contribution in [3.63, 3.8) is 0 Å². The Balaban J connectivity index is 1.60. The Morgan fingerprint density at radius 3 is 2.19 bits per heavy atom. The highest BCUT2D eigenvalue weighted by atomic mass is 79.9. The highest BCUT2D eigenvalue weighted by Gasteiger charge is 2.77. The fourth-order valence-electron chi connectivity index (χ4n) is 7.58. The number of ether oxygens (including phenoxy) is 2. The zero-order valence-corrected chi connectivity index (χ0v) is 29.4. The van der Waals surface area contributed by atoms with Crippen LogP contribution in [0.1, 0.15) is 33.6 Å². The summed E-state index contributed by atoms with van der Waals surface area (Å²) >= 11 is 9.94. The quantitative estimate of drug-likeness (QED) is 0.200. The molecule has 9 nitrogen and oxygen atoms in total. The number of fused-ring (bicyclic) bond motifs is 1. The number of aliphatic hydroxyl groups excluding tert-OH is 1. The molecule has 3 aliphatic rings. The van der Waals surface area contributed by atoms with Gasteiger partial charge in [0.1, 0.15) is 17.4 Å². The van der Waals surface area contributed by atoms with Gasteiger partial charge in [0.2, 0.25) is 11.8 Å². The van der Waals surface area contributed by atoms with Gasteiger partial charge in [0.15, 0.2) is 0 Å². The van der Waals surface area contributed by atoms with E-state index in [9.17, 15) is 19.5 Å². The van der Waals surface area contributed by atoms with Crippen LogP contribution in [0.2, 0.25) is 5.02 Å². The van der Waals surface area contributed by atoms with Crippen LogP contribution < -0.4 is 14.5 Å². The van der Waals surface area contributed by atoms with E-state index in [0.29, 0.717) is 41.6 Å². The Bertz CT molecular complexity index is 1490. The lowest BCUT2D eigenvalue weighted by atomic mass is 9.70. The third kappa shape index (κ3) is 6.37. The first-order valence-electron chi connectivity index (χ1n) is 16.1. The number of carbonyl (C=O) groups is 3. The monoisotopic (exact) mass is 727 g/mol. The van der Waals surface area contributed by atoms with Crippen molar-refractivity contribution >= 4 is 56.6 Å². The number of likely N-dealkylation sites (tertiary alicyclic amines) is 1. The van der Waals surface area contributed by atoms with E-state index in [2.05, 4.69) is 29.1 Å². The fourth-order valence-corrected chi connectivity index (χ4v) is 8.65. The number of aliphatic hydroxyl groups is 1. The van der Waals surface area contributed by atoms with E-state index in [1.54, 1.807) is 70.5 Å². The number of hydrogen-bond donors (Lipinski definition) is 1. The Kier molecular flexibility index (Phi) is 10.9. The molecule has 3 unspecified atom stereocenters. The number of nitrogens with zero attached hydrogens (tertiary/aromatic N) is 3. The van der Waals surface area contributed by atoms with Crippen molar-refractivity contribution in [1.82, 2.24) is 4.90 Å². The second-order valence-electron chi connectivity index (χ2n) is 12.8. The molecule has 2 bridgehead atoms. The van der Waals surface area contributed by atoms with Crippen LogP contribution in [0, 0.1) is 17.8 Å². The van der Waals surface area contributed by atoms with E-state index >= 15 is 0 Å². The first-order valence-corrected chi connectivity index (χ1v) is 17.4. The maximum Gasteiger partial charge on any atom is 0.253 e. The van der Waals surface area contributed by atoms with Crippen LogP contribution in [0.4, 0.5) is 11.4 Å². The smallest absolute Gasteiger partial charge is 0.253 e. The molecule has 3 fully saturated rings. The van der Waals surface area contributed by atoms with Gasteiger partial charge in [-0.25, -0.2) is 0 Å². The Labute approximate surface area is 290 Å². The van der Waals surface area contributed by atoms with Crippen molar-refractivity contribution in [3.05, 3.63) is 78.9 Å². The molecule has 1 spiro atoms. The largest absolute Gasteiger partial charge is 0.494 e. The summed E-state index contributed by atoms with van der Waals surface area (Å²) in [5.41, 5.74) is -0.0919. The summed E-state index contributed by atoms with van der Waals surface area (Å²) in [5, 5.41) is 11.2. The minimum atomic E-state index is -1.30. The molecule has 0 aromatic heterocycles. The van der Waals surface area contributed by atoms with Crippen molar-refractivity contribution in [2.45, 2.75) is 62.2 Å². The maximum absolute atomic E-state index is 14.9. The Morgan fingerprint density at radius 2 is 1.66 bits per heavy atom. The van der Waals surface area contributed by atoms with Crippen LogP contribution >= 0.6 is 27.5 Å². The molecule has 3 heterocycles. The van der Waals surface area contributed by atoms with Crippen LogP contribution in [-0.4, -0.2) is 82.6 Å². The topological polar surface area (TPSA) is 99.6 Å². The van der Waals surface area contributed by atoms with Crippen molar-refractivity contribution < 1.29 is 29.0 Å². The molecular formula is C36H43BrClN3O6. The van der Waals surface area contributed by atoms with Gasteiger partial charge in [-0.2, -0.15) is 0 Å². The predicted molar refractivity (Wildman–Crippen MR) is 187 cm³/mol. The second-order valence-corrected chi connectivity index (χ2v) is 14.4. The summed E-state index contributed by atoms with van der Waals surface area (Å²) in [4.78, 5) is 48.7. The summed E-state index contributed by atoms with van der Waals surface area (Å²) in [5.74, 6) is -2.03. The lowest BCUT2D eigenvalue weighted by Crippen LogP contribution is -2.59. The zero-order chi connectivity index (χ0) is 34.0. The molecule has 2 aromatic carbocycles. The van der Waals surface area contributed by atoms with Gasteiger partial charge < -0.3 is 29.3 Å². The van der Waals surface area contributed by atoms with E-state index in [4.69, 9.17) is 21.1 Å². The van der Waals surface area contributed by atoms with E-state index in [-0.39, 0.29) is 48.2 Å². The van der Waals surface area contributed by atoms with Crippen LogP contribution in [0.25, 0.3) is 0 Å². The molecule has 0 saturated carbocycles. The summed E-state index contributed by atoms with van der Waals surface area (Å²) in [6.07, 6.45) is 3.42. The van der Waals surface area contributed by atoms with Crippen LogP contribution in [0.15, 0.2) is 73.8 Å². The van der Waals surface area contributed by atoms with Crippen molar-refractivity contribution in [2.24, 2.45) is 17.8 Å². The van der Waals surface area contributed by atoms with Crippen molar-refractivity contribution in [3.8, 4) is 5.75 Å². The fraction of sp³-hybridized carbons (Fsp3) is 0.472. The van der Waals surface area contributed by atoms with E-state index in [0.717, 1.165) is 0 Å². The first kappa shape index (κ1) is 35.1. The molecule has 7 atom stereocenters. The number of amides is 3. The van der Waals surface area contributed by atoms with Crippen LogP contribution in [-0.2, 0) is 19.1 Å². The molecule has 2 aromatic rings. The molecule has 0 aliphatic carbocycles. The number of halogens is 2. The highest BCUT2D eigenvalue weighted by Crippen LogP contribution is 2.61. The lowest BCUT2D eigenvalue weighted by molar-refractivity contribution is -0.144. The van der Waals surface area contributed by atoms with Gasteiger partial charge in [-0.05, 0) is 74.2 Å². The van der Waals surface area contributed by atoms with Crippen LogP contribution in [0.3, 0.4) is 0 Å².